The minimum Gasteiger partial charge on any atom is -0.336 e. The van der Waals surface area contributed by atoms with E-state index in [-0.39, 0.29) is 17.9 Å². The zero-order valence-corrected chi connectivity index (χ0v) is 14.9. The molecule has 6 heteroatoms. The van der Waals surface area contributed by atoms with Gasteiger partial charge in [0.05, 0.1) is 0 Å². The van der Waals surface area contributed by atoms with Gasteiger partial charge in [-0.05, 0) is 56.1 Å². The minimum absolute atomic E-state index is 0.113. The lowest BCUT2D eigenvalue weighted by atomic mass is 10.1. The lowest BCUT2D eigenvalue weighted by Gasteiger charge is -2.07. The largest absolute Gasteiger partial charge is 0.336 e. The molecule has 1 heterocycles. The SMILES string of the molecule is CCCCc1ccc(NC(=O)CCc2c(C)[nH]c(=S)[nH]c2=O)cc1. The summed E-state index contributed by atoms with van der Waals surface area (Å²) in [5.74, 6) is -0.113. The first kappa shape index (κ1) is 18.1. The highest BCUT2D eigenvalue weighted by Crippen LogP contribution is 2.12. The first-order chi connectivity index (χ1) is 11.5. The average Bonchev–Trinajstić information content (AvgIpc) is 2.53. The summed E-state index contributed by atoms with van der Waals surface area (Å²) in [5, 5.41) is 2.86. The number of carbonyl (C=O) groups excluding carboxylic acids is 1. The number of benzene rings is 1. The third-order valence-electron chi connectivity index (χ3n) is 3.91. The fourth-order valence-corrected chi connectivity index (χ4v) is 2.77. The molecule has 0 atom stereocenters. The van der Waals surface area contributed by atoms with E-state index in [1.807, 2.05) is 24.3 Å². The summed E-state index contributed by atoms with van der Waals surface area (Å²) in [6.07, 6.45) is 4.00. The van der Waals surface area contributed by atoms with Crippen LogP contribution in [0.3, 0.4) is 0 Å². The lowest BCUT2D eigenvalue weighted by Crippen LogP contribution is -2.19. The molecule has 0 aliphatic heterocycles. The summed E-state index contributed by atoms with van der Waals surface area (Å²) in [6, 6.07) is 7.91. The molecule has 2 aromatic rings. The van der Waals surface area contributed by atoms with Gasteiger partial charge in [0, 0.05) is 23.4 Å². The van der Waals surface area contributed by atoms with Crippen LogP contribution in [-0.2, 0) is 17.6 Å². The van der Waals surface area contributed by atoms with Crippen molar-refractivity contribution in [1.82, 2.24) is 9.97 Å². The van der Waals surface area contributed by atoms with E-state index in [4.69, 9.17) is 12.2 Å². The molecular weight excluding hydrogens is 322 g/mol. The molecule has 0 aliphatic rings. The Balaban J connectivity index is 1.92. The van der Waals surface area contributed by atoms with Gasteiger partial charge in [0.1, 0.15) is 0 Å². The van der Waals surface area contributed by atoms with Gasteiger partial charge in [-0.2, -0.15) is 0 Å². The molecule has 0 spiro atoms. The summed E-state index contributed by atoms with van der Waals surface area (Å²) >= 11 is 4.92. The van der Waals surface area contributed by atoms with Crippen LogP contribution in [0.5, 0.6) is 0 Å². The van der Waals surface area contributed by atoms with Gasteiger partial charge < -0.3 is 10.3 Å². The van der Waals surface area contributed by atoms with Gasteiger partial charge in [-0.25, -0.2) is 0 Å². The van der Waals surface area contributed by atoms with Crippen LogP contribution in [0.25, 0.3) is 0 Å². The van der Waals surface area contributed by atoms with Gasteiger partial charge in [-0.3, -0.25) is 14.6 Å². The van der Waals surface area contributed by atoms with Gasteiger partial charge in [-0.1, -0.05) is 25.5 Å². The summed E-state index contributed by atoms with van der Waals surface area (Å²) < 4.78 is 0.300. The number of aromatic nitrogens is 2. The second kappa shape index (κ2) is 8.59. The smallest absolute Gasteiger partial charge is 0.255 e. The molecule has 0 unspecified atom stereocenters. The molecule has 2 rings (SSSR count). The van der Waals surface area contributed by atoms with Crippen LogP contribution >= 0.6 is 12.2 Å². The number of carbonyl (C=O) groups is 1. The highest BCUT2D eigenvalue weighted by Gasteiger charge is 2.09. The number of aromatic amines is 2. The number of unbranched alkanes of at least 4 members (excludes halogenated alkanes) is 1. The van der Waals surface area contributed by atoms with Crippen LogP contribution in [0.4, 0.5) is 5.69 Å². The molecule has 0 bridgehead atoms. The van der Waals surface area contributed by atoms with Crippen molar-refractivity contribution in [2.75, 3.05) is 5.32 Å². The Morgan fingerprint density at radius 1 is 1.17 bits per heavy atom. The topological polar surface area (TPSA) is 77.8 Å². The number of hydrogen-bond acceptors (Lipinski definition) is 3. The van der Waals surface area contributed by atoms with Crippen LogP contribution in [0, 0.1) is 11.7 Å². The Labute approximate surface area is 146 Å². The Morgan fingerprint density at radius 3 is 2.50 bits per heavy atom. The summed E-state index contributed by atoms with van der Waals surface area (Å²) in [4.78, 5) is 29.4. The zero-order chi connectivity index (χ0) is 17.5. The lowest BCUT2D eigenvalue weighted by molar-refractivity contribution is -0.116. The first-order valence-electron chi connectivity index (χ1n) is 8.20. The third kappa shape index (κ3) is 5.16. The van der Waals surface area contributed by atoms with Crippen molar-refractivity contribution in [1.29, 1.82) is 0 Å². The first-order valence-corrected chi connectivity index (χ1v) is 8.61. The molecule has 0 radical (unpaired) electrons. The Kier molecular flexibility index (Phi) is 6.49. The van der Waals surface area contributed by atoms with Crippen LogP contribution in [-0.4, -0.2) is 15.9 Å². The van der Waals surface area contributed by atoms with Crippen molar-refractivity contribution in [2.45, 2.75) is 46.0 Å². The van der Waals surface area contributed by atoms with Crippen LogP contribution in [0.1, 0.15) is 43.0 Å². The maximum atomic E-state index is 12.1. The standard InChI is InChI=1S/C18H23N3O2S/c1-3-4-5-13-6-8-14(9-7-13)20-16(22)11-10-15-12(2)19-18(24)21-17(15)23/h6-9H,3-5,10-11H2,1-2H3,(H,20,22)(H2,19,21,23,24). The van der Waals surface area contributed by atoms with Gasteiger partial charge in [0.15, 0.2) is 4.77 Å². The number of H-pyrrole nitrogens is 2. The predicted molar refractivity (Wildman–Crippen MR) is 99.0 cm³/mol. The van der Waals surface area contributed by atoms with E-state index in [9.17, 15) is 9.59 Å². The van der Waals surface area contributed by atoms with Crippen LogP contribution in [0.15, 0.2) is 29.1 Å². The number of aryl methyl sites for hydroxylation is 2. The predicted octanol–water partition coefficient (Wildman–Crippen LogP) is 3.65. The minimum atomic E-state index is -0.232. The van der Waals surface area contributed by atoms with Crippen molar-refractivity contribution in [3.05, 3.63) is 56.2 Å². The van der Waals surface area contributed by atoms with E-state index in [0.717, 1.165) is 12.1 Å². The Hall–Kier alpha value is -2.21. The number of rotatable bonds is 7. The molecule has 0 fully saturated rings. The van der Waals surface area contributed by atoms with E-state index in [0.29, 0.717) is 22.4 Å². The quantitative estimate of drug-likeness (QED) is 0.670. The number of hydrogen-bond donors (Lipinski definition) is 3. The summed E-state index contributed by atoms with van der Waals surface area (Å²) in [5.41, 5.74) is 3.09. The van der Waals surface area contributed by atoms with E-state index >= 15 is 0 Å². The Bertz CT molecular complexity index is 806. The highest BCUT2D eigenvalue weighted by molar-refractivity contribution is 7.71. The van der Waals surface area contributed by atoms with E-state index < -0.39 is 0 Å². The zero-order valence-electron chi connectivity index (χ0n) is 14.1. The van der Waals surface area contributed by atoms with Crippen LogP contribution < -0.4 is 10.9 Å². The van der Waals surface area contributed by atoms with Crippen molar-refractivity contribution >= 4 is 23.8 Å². The molecule has 0 aliphatic carbocycles. The fraction of sp³-hybridized carbons (Fsp3) is 0.389. The van der Waals surface area contributed by atoms with Crippen molar-refractivity contribution < 1.29 is 4.79 Å². The van der Waals surface area contributed by atoms with Gasteiger partial charge in [0.2, 0.25) is 5.91 Å². The molecule has 128 valence electrons. The second-order valence-electron chi connectivity index (χ2n) is 5.86. The van der Waals surface area contributed by atoms with Crippen molar-refractivity contribution in [3.8, 4) is 0 Å². The van der Waals surface area contributed by atoms with Crippen LogP contribution in [0.2, 0.25) is 0 Å². The third-order valence-corrected chi connectivity index (χ3v) is 4.12. The number of anilines is 1. The number of amides is 1. The van der Waals surface area contributed by atoms with E-state index in [1.54, 1.807) is 6.92 Å². The number of nitrogens with one attached hydrogen (secondary N) is 3. The second-order valence-corrected chi connectivity index (χ2v) is 6.27. The van der Waals surface area contributed by atoms with Crippen molar-refractivity contribution in [3.63, 3.8) is 0 Å². The molecule has 3 N–H and O–H groups in total. The maximum absolute atomic E-state index is 12.1. The monoisotopic (exact) mass is 345 g/mol. The van der Waals surface area contributed by atoms with Crippen molar-refractivity contribution in [2.24, 2.45) is 0 Å². The molecule has 0 saturated heterocycles. The highest BCUT2D eigenvalue weighted by atomic mass is 32.1. The molecule has 24 heavy (non-hydrogen) atoms. The summed E-state index contributed by atoms with van der Waals surface area (Å²) in [6.45, 7) is 3.95. The molecular formula is C18H23N3O2S. The molecule has 5 nitrogen and oxygen atoms in total. The van der Waals surface area contributed by atoms with Gasteiger partial charge >= 0.3 is 0 Å². The fourth-order valence-electron chi connectivity index (χ4n) is 2.52. The summed E-state index contributed by atoms with van der Waals surface area (Å²) in [7, 11) is 0. The van der Waals surface area contributed by atoms with E-state index in [2.05, 4.69) is 22.2 Å². The molecule has 1 amide bonds. The van der Waals surface area contributed by atoms with E-state index in [1.165, 1.54) is 18.4 Å². The van der Waals surface area contributed by atoms with Gasteiger partial charge in [0.25, 0.3) is 5.56 Å². The molecule has 1 aromatic heterocycles. The molecule has 0 saturated carbocycles. The van der Waals surface area contributed by atoms with Gasteiger partial charge in [-0.15, -0.1) is 0 Å². The average molecular weight is 345 g/mol. The normalized spacial score (nSPS) is 10.6. The molecule has 1 aromatic carbocycles. The maximum Gasteiger partial charge on any atom is 0.255 e. The Morgan fingerprint density at radius 2 is 1.88 bits per heavy atom.